The monoisotopic (exact) mass is 805 g/mol. The topological polar surface area (TPSA) is 61.7 Å². The van der Waals surface area contributed by atoms with Crippen LogP contribution in [0.3, 0.4) is 0 Å². The summed E-state index contributed by atoms with van der Waals surface area (Å²) in [5.74, 6) is 1.77. The lowest BCUT2D eigenvalue weighted by Gasteiger charge is -2.13. The lowest BCUT2D eigenvalue weighted by Crippen LogP contribution is -2.01. The zero-order valence-corrected chi connectivity index (χ0v) is 33.9. The van der Waals surface area contributed by atoms with E-state index in [9.17, 15) is 0 Å². The maximum Gasteiger partial charge on any atom is 0.164 e. The predicted octanol–water partition coefficient (Wildman–Crippen LogP) is 14.6. The molecule has 0 aliphatic rings. The Morgan fingerprint density at radius 2 is 0.762 bits per heavy atom. The molecule has 0 bridgehead atoms. The van der Waals surface area contributed by atoms with Gasteiger partial charge in [0.25, 0.3) is 0 Å². The molecule has 0 aliphatic heterocycles. The van der Waals surface area contributed by atoms with Crippen LogP contribution in [0.25, 0.3) is 122 Å². The van der Waals surface area contributed by atoms with Crippen molar-refractivity contribution in [3.63, 3.8) is 0 Å². The first-order valence-electron chi connectivity index (χ1n) is 21.2. The highest BCUT2D eigenvalue weighted by Crippen LogP contribution is 2.45. The molecule has 0 fully saturated rings. The number of para-hydroxylation sites is 4. The zero-order valence-electron chi connectivity index (χ0n) is 33.9. The van der Waals surface area contributed by atoms with E-state index in [0.717, 1.165) is 83.2 Å². The molecule has 0 saturated heterocycles. The number of furan rings is 1. The number of hydrogen-bond donors (Lipinski definition) is 0. The number of fused-ring (bicyclic) bond motifs is 9. The fourth-order valence-electron chi connectivity index (χ4n) is 9.56. The molecule has 0 atom stereocenters. The second kappa shape index (κ2) is 14.0. The summed E-state index contributed by atoms with van der Waals surface area (Å²) in [6.45, 7) is 0. The third kappa shape index (κ3) is 5.48. The van der Waals surface area contributed by atoms with E-state index < -0.39 is 0 Å². The Hall–Kier alpha value is -8.61. The van der Waals surface area contributed by atoms with Gasteiger partial charge in [0.15, 0.2) is 28.6 Å². The molecule has 9 aromatic carbocycles. The van der Waals surface area contributed by atoms with Crippen LogP contribution >= 0.6 is 0 Å². The maximum absolute atomic E-state index is 7.45. The van der Waals surface area contributed by atoms with E-state index in [1.165, 1.54) is 21.5 Å². The average Bonchev–Trinajstić information content (AvgIpc) is 4.03. The highest BCUT2D eigenvalue weighted by Gasteiger charge is 2.25. The molecule has 294 valence electrons. The molecule has 13 rings (SSSR count). The van der Waals surface area contributed by atoms with Crippen LogP contribution in [0.5, 0.6) is 0 Å². The number of aromatic nitrogens is 5. The highest BCUT2D eigenvalue weighted by molar-refractivity contribution is 6.19. The molecule has 0 aliphatic carbocycles. The Balaban J connectivity index is 1.16. The van der Waals surface area contributed by atoms with Crippen molar-refractivity contribution in [1.29, 1.82) is 0 Å². The molecular formula is C57H35N5O. The van der Waals surface area contributed by atoms with Gasteiger partial charge in [0, 0.05) is 49.0 Å². The minimum atomic E-state index is 0.567. The molecule has 0 radical (unpaired) electrons. The van der Waals surface area contributed by atoms with Crippen LogP contribution in [0.1, 0.15) is 0 Å². The van der Waals surface area contributed by atoms with E-state index in [-0.39, 0.29) is 0 Å². The molecule has 4 heterocycles. The lowest BCUT2D eigenvalue weighted by atomic mass is 10.0. The van der Waals surface area contributed by atoms with Crippen LogP contribution in [0.2, 0.25) is 0 Å². The largest absolute Gasteiger partial charge is 0.452 e. The van der Waals surface area contributed by atoms with Crippen LogP contribution in [-0.4, -0.2) is 24.1 Å². The van der Waals surface area contributed by atoms with Crippen molar-refractivity contribution in [2.45, 2.75) is 0 Å². The molecule has 13 aromatic rings. The van der Waals surface area contributed by atoms with Crippen molar-refractivity contribution in [2.24, 2.45) is 0 Å². The van der Waals surface area contributed by atoms with E-state index in [1.807, 2.05) is 60.7 Å². The van der Waals surface area contributed by atoms with Gasteiger partial charge in [-0.15, -0.1) is 0 Å². The fourth-order valence-corrected chi connectivity index (χ4v) is 9.56. The van der Waals surface area contributed by atoms with Gasteiger partial charge in [-0.3, -0.25) is 0 Å². The third-order valence-electron chi connectivity index (χ3n) is 12.4. The normalized spacial score (nSPS) is 11.8. The molecule has 63 heavy (non-hydrogen) atoms. The highest BCUT2D eigenvalue weighted by atomic mass is 16.3. The van der Waals surface area contributed by atoms with Gasteiger partial charge in [0.1, 0.15) is 0 Å². The first kappa shape index (κ1) is 35.2. The molecule has 4 aromatic heterocycles. The van der Waals surface area contributed by atoms with Gasteiger partial charge in [0.2, 0.25) is 0 Å². The molecule has 0 amide bonds. The van der Waals surface area contributed by atoms with Crippen LogP contribution in [0.4, 0.5) is 0 Å². The van der Waals surface area contributed by atoms with Crippen LogP contribution < -0.4 is 0 Å². The Kier molecular flexibility index (Phi) is 7.80. The summed E-state index contributed by atoms with van der Waals surface area (Å²) in [6.07, 6.45) is 0. The van der Waals surface area contributed by atoms with Crippen molar-refractivity contribution in [3.05, 3.63) is 212 Å². The first-order chi connectivity index (χ1) is 31.3. The number of hydrogen-bond acceptors (Lipinski definition) is 4. The molecular weight excluding hydrogens is 771 g/mol. The van der Waals surface area contributed by atoms with Crippen molar-refractivity contribution in [3.8, 4) is 56.7 Å². The molecule has 6 heteroatoms. The maximum atomic E-state index is 7.45. The summed E-state index contributed by atoms with van der Waals surface area (Å²) in [6, 6.07) is 74.3. The number of benzene rings is 9. The van der Waals surface area contributed by atoms with Gasteiger partial charge in [-0.2, -0.15) is 0 Å². The second-order valence-electron chi connectivity index (χ2n) is 16.0. The molecule has 0 unspecified atom stereocenters. The molecule has 0 saturated carbocycles. The van der Waals surface area contributed by atoms with Crippen LogP contribution in [0, 0.1) is 0 Å². The summed E-state index contributed by atoms with van der Waals surface area (Å²) >= 11 is 0. The van der Waals surface area contributed by atoms with Gasteiger partial charge < -0.3 is 13.6 Å². The van der Waals surface area contributed by atoms with E-state index in [0.29, 0.717) is 17.5 Å². The Bertz CT molecular complexity index is 3790. The van der Waals surface area contributed by atoms with Gasteiger partial charge in [-0.25, -0.2) is 15.0 Å². The summed E-state index contributed by atoms with van der Waals surface area (Å²) < 4.78 is 12.2. The van der Waals surface area contributed by atoms with Gasteiger partial charge in [0.05, 0.1) is 33.4 Å². The lowest BCUT2D eigenvalue weighted by molar-refractivity contribution is 0.664. The quantitative estimate of drug-likeness (QED) is 0.168. The zero-order chi connectivity index (χ0) is 41.4. The van der Waals surface area contributed by atoms with E-state index in [4.69, 9.17) is 19.4 Å². The molecule has 0 N–H and O–H groups in total. The second-order valence-corrected chi connectivity index (χ2v) is 16.0. The number of nitrogens with zero attached hydrogens (tertiary/aromatic N) is 5. The predicted molar refractivity (Wildman–Crippen MR) is 258 cm³/mol. The van der Waals surface area contributed by atoms with Crippen LogP contribution in [0.15, 0.2) is 217 Å². The third-order valence-corrected chi connectivity index (χ3v) is 12.4. The van der Waals surface area contributed by atoms with Crippen molar-refractivity contribution in [1.82, 2.24) is 24.1 Å². The first-order valence-corrected chi connectivity index (χ1v) is 21.2. The van der Waals surface area contributed by atoms with E-state index in [2.05, 4.69) is 161 Å². The Labute approximate surface area is 361 Å². The molecule has 0 spiro atoms. The van der Waals surface area contributed by atoms with E-state index >= 15 is 0 Å². The van der Waals surface area contributed by atoms with Crippen molar-refractivity contribution >= 4 is 65.6 Å². The average molecular weight is 806 g/mol. The summed E-state index contributed by atoms with van der Waals surface area (Å²) in [5.41, 5.74) is 12.8. The smallest absolute Gasteiger partial charge is 0.164 e. The Morgan fingerprint density at radius 3 is 1.35 bits per heavy atom. The molecule has 6 nitrogen and oxygen atoms in total. The van der Waals surface area contributed by atoms with Gasteiger partial charge in [-0.1, -0.05) is 170 Å². The van der Waals surface area contributed by atoms with E-state index in [1.54, 1.807) is 0 Å². The summed E-state index contributed by atoms with van der Waals surface area (Å²) in [4.78, 5) is 15.5. The fraction of sp³-hybridized carbons (Fsp3) is 0. The Morgan fingerprint density at radius 1 is 0.302 bits per heavy atom. The van der Waals surface area contributed by atoms with Gasteiger partial charge in [-0.05, 0) is 53.6 Å². The minimum absolute atomic E-state index is 0.567. The van der Waals surface area contributed by atoms with Crippen molar-refractivity contribution in [2.75, 3.05) is 0 Å². The standard InChI is InChI=1S/C57H35N5O/c1-4-17-36(18-5-1)39-31-32-43-42-25-12-15-29-48(42)62(51(43)35-39)50-34-33-45(57-59-55(37-19-6-2-7-20-37)58-56(60-57)38-21-8-3-9-22-38)52-44-26-16-30-49(53(44)63-54(50)52)61-46-27-13-10-23-40(46)41-24-11-14-28-47(41)61/h1-35H. The van der Waals surface area contributed by atoms with Gasteiger partial charge >= 0.3 is 0 Å². The number of rotatable bonds is 6. The summed E-state index contributed by atoms with van der Waals surface area (Å²) in [7, 11) is 0. The van der Waals surface area contributed by atoms with Crippen molar-refractivity contribution < 1.29 is 4.42 Å². The summed E-state index contributed by atoms with van der Waals surface area (Å²) in [5, 5.41) is 6.61. The minimum Gasteiger partial charge on any atom is -0.452 e. The van der Waals surface area contributed by atoms with Crippen LogP contribution in [-0.2, 0) is 0 Å². The SMILES string of the molecule is c1ccc(-c2ccc3c4ccccc4n(-c4ccc(-c5nc(-c6ccccc6)nc(-c6ccccc6)n5)c5c4oc4c(-n6c7ccccc7c7ccccc76)cccc45)c3c2)cc1.